The van der Waals surface area contributed by atoms with Gasteiger partial charge in [0.25, 0.3) is 0 Å². The van der Waals surface area contributed by atoms with Crippen molar-refractivity contribution in [1.29, 1.82) is 0 Å². The van der Waals surface area contributed by atoms with Crippen LogP contribution in [0, 0.1) is 0 Å². The first-order valence-electron chi connectivity index (χ1n) is 5.23. The van der Waals surface area contributed by atoms with Crippen molar-refractivity contribution in [2.45, 2.75) is 26.2 Å². The Hall–Kier alpha value is 0.290. The number of carbonyl (C=O) groups is 1. The molecule has 5 heteroatoms. The molecule has 0 rings (SSSR count). The first kappa shape index (κ1) is 15.3. The van der Waals surface area contributed by atoms with Gasteiger partial charge in [-0.1, -0.05) is 21.6 Å². The molecule has 0 unspecified atom stereocenters. The molecule has 90 valence electrons. The Morgan fingerprint density at radius 2 is 2.13 bits per heavy atom. The third-order valence-electron chi connectivity index (χ3n) is 1.72. The van der Waals surface area contributed by atoms with E-state index in [2.05, 4.69) is 5.32 Å². The summed E-state index contributed by atoms with van der Waals surface area (Å²) < 4.78 is 5.41. The van der Waals surface area contributed by atoms with Crippen LogP contribution in [0.15, 0.2) is 0 Å². The summed E-state index contributed by atoms with van der Waals surface area (Å²) in [6.45, 7) is 3.44. The highest BCUT2D eigenvalue weighted by molar-refractivity contribution is 8.76. The maximum absolute atomic E-state index is 10.6. The van der Waals surface area contributed by atoms with Crippen LogP contribution in [0.25, 0.3) is 0 Å². The number of carbonyl (C=O) groups excluding carboxylic acids is 1. The fourth-order valence-corrected chi connectivity index (χ4v) is 2.58. The van der Waals surface area contributed by atoms with E-state index in [1.165, 1.54) is 0 Å². The van der Waals surface area contributed by atoms with Gasteiger partial charge in [-0.05, 0) is 26.8 Å². The number of Topliss-reactive ketones (excluding diaryl/α,β-unsaturated/α-hetero) is 1. The Morgan fingerprint density at radius 3 is 2.80 bits per heavy atom. The SMILES string of the molecule is CNCCSSCOCCCCC(C)=O. The van der Waals surface area contributed by atoms with Gasteiger partial charge in [0.05, 0.1) is 0 Å². The highest BCUT2D eigenvalue weighted by Gasteiger charge is 1.94. The number of ketones is 1. The van der Waals surface area contributed by atoms with Gasteiger partial charge in [0.15, 0.2) is 0 Å². The summed E-state index contributed by atoms with van der Waals surface area (Å²) in [5.41, 5.74) is 0. The monoisotopic (exact) mass is 251 g/mol. The molecule has 0 aromatic heterocycles. The van der Waals surface area contributed by atoms with Gasteiger partial charge < -0.3 is 14.8 Å². The highest BCUT2D eigenvalue weighted by atomic mass is 33.1. The van der Waals surface area contributed by atoms with Gasteiger partial charge in [-0.15, -0.1) is 0 Å². The lowest BCUT2D eigenvalue weighted by molar-refractivity contribution is -0.117. The standard InChI is InChI=1S/C10H21NO2S2/c1-10(12)5-3-4-7-13-9-15-14-8-6-11-2/h11H,3-9H2,1-2H3. The molecule has 0 aliphatic rings. The molecule has 0 atom stereocenters. The quantitative estimate of drug-likeness (QED) is 0.346. The molecule has 0 fully saturated rings. The Balaban J connectivity index is 2.89. The van der Waals surface area contributed by atoms with Crippen LogP contribution in [0.3, 0.4) is 0 Å². The molecule has 1 N–H and O–H groups in total. The van der Waals surface area contributed by atoms with Gasteiger partial charge in [-0.2, -0.15) is 0 Å². The molecule has 0 saturated heterocycles. The van der Waals surface area contributed by atoms with E-state index in [-0.39, 0.29) is 5.78 Å². The number of rotatable bonds is 11. The van der Waals surface area contributed by atoms with Crippen molar-refractivity contribution in [2.75, 3.05) is 31.9 Å². The second kappa shape index (κ2) is 12.4. The topological polar surface area (TPSA) is 38.3 Å². The second-order valence-corrected chi connectivity index (χ2v) is 5.76. The normalized spacial score (nSPS) is 10.5. The minimum Gasteiger partial charge on any atom is -0.370 e. The van der Waals surface area contributed by atoms with Crippen LogP contribution in [0.1, 0.15) is 26.2 Å². The lowest BCUT2D eigenvalue weighted by Gasteiger charge is -2.03. The second-order valence-electron chi connectivity index (χ2n) is 3.23. The summed E-state index contributed by atoms with van der Waals surface area (Å²) in [4.78, 5) is 10.6. The lowest BCUT2D eigenvalue weighted by Crippen LogP contribution is -2.09. The molecule has 3 nitrogen and oxygen atoms in total. The molecule has 0 aromatic carbocycles. The molecule has 0 aliphatic heterocycles. The van der Waals surface area contributed by atoms with Crippen molar-refractivity contribution < 1.29 is 9.53 Å². The zero-order chi connectivity index (χ0) is 11.4. The molecule has 0 radical (unpaired) electrons. The van der Waals surface area contributed by atoms with E-state index in [4.69, 9.17) is 4.74 Å². The minimum atomic E-state index is 0.270. The number of hydrogen-bond donors (Lipinski definition) is 1. The van der Waals surface area contributed by atoms with Gasteiger partial charge >= 0.3 is 0 Å². The molecular weight excluding hydrogens is 230 g/mol. The van der Waals surface area contributed by atoms with E-state index in [9.17, 15) is 4.79 Å². The highest BCUT2D eigenvalue weighted by Crippen LogP contribution is 2.20. The maximum atomic E-state index is 10.6. The van der Waals surface area contributed by atoms with E-state index >= 15 is 0 Å². The molecule has 0 amide bonds. The number of nitrogens with one attached hydrogen (secondary N) is 1. The van der Waals surface area contributed by atoms with E-state index in [1.54, 1.807) is 17.7 Å². The number of hydrogen-bond acceptors (Lipinski definition) is 5. The zero-order valence-corrected chi connectivity index (χ0v) is 11.2. The summed E-state index contributed by atoms with van der Waals surface area (Å²) in [5, 5.41) is 3.09. The van der Waals surface area contributed by atoms with Crippen molar-refractivity contribution in [2.24, 2.45) is 0 Å². The van der Waals surface area contributed by atoms with E-state index < -0.39 is 0 Å². The van der Waals surface area contributed by atoms with Gasteiger partial charge in [-0.25, -0.2) is 0 Å². The summed E-state index contributed by atoms with van der Waals surface area (Å²) >= 11 is 0. The molecular formula is C10H21NO2S2. The van der Waals surface area contributed by atoms with Gasteiger partial charge in [0.1, 0.15) is 11.7 Å². The average Bonchev–Trinajstić information content (AvgIpc) is 2.20. The van der Waals surface area contributed by atoms with Crippen LogP contribution in [-0.4, -0.2) is 37.7 Å². The fourth-order valence-electron chi connectivity index (χ4n) is 0.908. The maximum Gasteiger partial charge on any atom is 0.129 e. The Bertz CT molecular complexity index is 156. The summed E-state index contributed by atoms with van der Waals surface area (Å²) in [7, 11) is 5.52. The zero-order valence-electron chi connectivity index (χ0n) is 9.58. The Morgan fingerprint density at radius 1 is 1.33 bits per heavy atom. The summed E-state index contributed by atoms with van der Waals surface area (Å²) in [6, 6.07) is 0. The van der Waals surface area contributed by atoms with Gasteiger partial charge in [0.2, 0.25) is 0 Å². The Labute approximate surface area is 100 Å². The molecule has 0 saturated carbocycles. The van der Waals surface area contributed by atoms with Crippen molar-refractivity contribution in [1.82, 2.24) is 5.32 Å². The summed E-state index contributed by atoms with van der Waals surface area (Å²) in [6.07, 6.45) is 2.63. The molecule has 0 aliphatic carbocycles. The van der Waals surface area contributed by atoms with Crippen LogP contribution < -0.4 is 5.32 Å². The number of ether oxygens (including phenoxy) is 1. The smallest absolute Gasteiger partial charge is 0.129 e. The first-order valence-corrected chi connectivity index (χ1v) is 7.72. The molecule has 0 heterocycles. The fraction of sp³-hybridized carbons (Fsp3) is 0.900. The van der Waals surface area contributed by atoms with Crippen molar-refractivity contribution in [3.05, 3.63) is 0 Å². The number of unbranched alkanes of at least 4 members (excludes halogenated alkanes) is 1. The lowest BCUT2D eigenvalue weighted by atomic mass is 10.2. The van der Waals surface area contributed by atoms with E-state index in [1.807, 2.05) is 17.8 Å². The average molecular weight is 251 g/mol. The van der Waals surface area contributed by atoms with Gasteiger partial charge in [-0.3, -0.25) is 0 Å². The van der Waals surface area contributed by atoms with Crippen molar-refractivity contribution in [3.63, 3.8) is 0 Å². The van der Waals surface area contributed by atoms with E-state index in [0.717, 1.165) is 37.7 Å². The first-order chi connectivity index (χ1) is 7.27. The third-order valence-corrected chi connectivity index (χ3v) is 3.81. The Kier molecular flexibility index (Phi) is 12.6. The predicted octanol–water partition coefficient (Wildman–Crippen LogP) is 2.32. The molecule has 0 spiro atoms. The summed E-state index contributed by atoms with van der Waals surface area (Å²) in [5.74, 6) is 2.12. The van der Waals surface area contributed by atoms with Crippen LogP contribution >= 0.6 is 21.6 Å². The predicted molar refractivity (Wildman–Crippen MR) is 69.3 cm³/mol. The van der Waals surface area contributed by atoms with Crippen LogP contribution in [0.4, 0.5) is 0 Å². The molecule has 0 aromatic rings. The minimum absolute atomic E-state index is 0.270. The van der Waals surface area contributed by atoms with Crippen molar-refractivity contribution >= 4 is 27.4 Å². The van der Waals surface area contributed by atoms with Crippen LogP contribution in [-0.2, 0) is 9.53 Å². The van der Waals surface area contributed by atoms with Gasteiger partial charge in [0, 0.05) is 25.3 Å². The molecule has 0 bridgehead atoms. The van der Waals surface area contributed by atoms with Crippen LogP contribution in [0.2, 0.25) is 0 Å². The van der Waals surface area contributed by atoms with Crippen LogP contribution in [0.5, 0.6) is 0 Å². The molecule has 15 heavy (non-hydrogen) atoms. The van der Waals surface area contributed by atoms with Crippen molar-refractivity contribution in [3.8, 4) is 0 Å². The largest absolute Gasteiger partial charge is 0.370 e. The third kappa shape index (κ3) is 14.3. The van der Waals surface area contributed by atoms with E-state index in [0.29, 0.717) is 6.42 Å².